The molecule has 1 aromatic carbocycles. The summed E-state index contributed by atoms with van der Waals surface area (Å²) < 4.78 is 5.82. The molecule has 3 aliphatic rings. The number of hydrogen-bond donors (Lipinski definition) is 2. The van der Waals surface area contributed by atoms with Crippen LogP contribution in [0.5, 0.6) is 0 Å². The van der Waals surface area contributed by atoms with Crippen LogP contribution in [0.25, 0.3) is 5.57 Å². The molecule has 1 saturated heterocycles. The van der Waals surface area contributed by atoms with Crippen LogP contribution in [-0.4, -0.2) is 18.8 Å². The van der Waals surface area contributed by atoms with E-state index in [1.54, 1.807) is 0 Å². The monoisotopic (exact) mass is 354 g/mol. The van der Waals surface area contributed by atoms with Crippen LogP contribution in [0.1, 0.15) is 63.4 Å². The minimum atomic E-state index is 0.174. The summed E-state index contributed by atoms with van der Waals surface area (Å²) in [5.41, 5.74) is 14.6. The first-order valence-corrected chi connectivity index (χ1v) is 10.3. The summed E-state index contributed by atoms with van der Waals surface area (Å²) in [5.74, 6) is 0.916. The van der Waals surface area contributed by atoms with Crippen molar-refractivity contribution in [3.63, 3.8) is 0 Å². The Morgan fingerprint density at radius 1 is 0.885 bits per heavy atom. The van der Waals surface area contributed by atoms with Crippen LogP contribution in [0.4, 0.5) is 5.69 Å². The maximum atomic E-state index is 5.82. The topological polar surface area (TPSA) is 61.3 Å². The Kier molecular flexibility index (Phi) is 7.33. The molecule has 0 radical (unpaired) electrons. The van der Waals surface area contributed by atoms with E-state index in [1.807, 2.05) is 30.3 Å². The first-order chi connectivity index (χ1) is 12.7. The number of hydrogen-bond acceptors (Lipinski definition) is 3. The van der Waals surface area contributed by atoms with Gasteiger partial charge in [0.1, 0.15) is 0 Å². The summed E-state index contributed by atoms with van der Waals surface area (Å²) in [7, 11) is 0. The smallest absolute Gasteiger partial charge is 0.0603 e. The molecule has 2 fully saturated rings. The Bertz CT molecular complexity index is 577. The highest BCUT2D eigenvalue weighted by molar-refractivity contribution is 5.75. The van der Waals surface area contributed by atoms with Crippen molar-refractivity contribution in [3.05, 3.63) is 48.1 Å². The van der Waals surface area contributed by atoms with Crippen LogP contribution in [0.15, 0.2) is 42.5 Å². The van der Waals surface area contributed by atoms with E-state index in [2.05, 4.69) is 12.2 Å². The second-order valence-electron chi connectivity index (χ2n) is 7.84. The zero-order chi connectivity index (χ0) is 18.2. The van der Waals surface area contributed by atoms with E-state index in [1.165, 1.54) is 62.5 Å². The molecule has 1 saturated carbocycles. The third-order valence-corrected chi connectivity index (χ3v) is 5.77. The van der Waals surface area contributed by atoms with Gasteiger partial charge >= 0.3 is 0 Å². The van der Waals surface area contributed by atoms with E-state index >= 15 is 0 Å². The van der Waals surface area contributed by atoms with Gasteiger partial charge in [-0.25, -0.2) is 0 Å². The molecule has 2 aliphatic carbocycles. The van der Waals surface area contributed by atoms with Crippen molar-refractivity contribution in [1.29, 1.82) is 0 Å². The van der Waals surface area contributed by atoms with Crippen molar-refractivity contribution in [1.82, 2.24) is 0 Å². The zero-order valence-corrected chi connectivity index (χ0v) is 15.9. The lowest BCUT2D eigenvalue weighted by Crippen LogP contribution is -2.29. The fraction of sp³-hybridized carbons (Fsp3) is 0.565. The van der Waals surface area contributed by atoms with Crippen molar-refractivity contribution < 1.29 is 4.74 Å². The normalized spacial score (nSPS) is 26.6. The van der Waals surface area contributed by atoms with Crippen molar-refractivity contribution in [2.45, 2.75) is 69.9 Å². The van der Waals surface area contributed by atoms with Crippen molar-refractivity contribution >= 4 is 11.3 Å². The average Bonchev–Trinajstić information content (AvgIpc) is 2.71. The molecule has 0 bridgehead atoms. The van der Waals surface area contributed by atoms with Crippen LogP contribution in [0.3, 0.4) is 0 Å². The summed E-state index contributed by atoms with van der Waals surface area (Å²) in [4.78, 5) is 0. The number of nitrogens with two attached hydrogens (primary N) is 2. The molecule has 3 nitrogen and oxygen atoms in total. The third kappa shape index (κ3) is 5.72. The molecule has 0 spiro atoms. The molecular weight excluding hydrogens is 320 g/mol. The zero-order valence-electron chi connectivity index (χ0n) is 15.9. The molecule has 3 heteroatoms. The lowest BCUT2D eigenvalue weighted by atomic mass is 9.83. The lowest BCUT2D eigenvalue weighted by Gasteiger charge is -2.32. The summed E-state index contributed by atoms with van der Waals surface area (Å²) in [5, 5.41) is 0. The molecule has 4 rings (SSSR count). The number of nitrogen functional groups attached to an aromatic ring is 1. The Morgan fingerprint density at radius 2 is 1.62 bits per heavy atom. The van der Waals surface area contributed by atoms with Crippen molar-refractivity contribution in [3.8, 4) is 0 Å². The minimum Gasteiger partial charge on any atom is -0.399 e. The summed E-state index contributed by atoms with van der Waals surface area (Å²) in [6, 6.07) is 8.06. The highest BCUT2D eigenvalue weighted by Crippen LogP contribution is 2.31. The van der Waals surface area contributed by atoms with Gasteiger partial charge in [-0.05, 0) is 67.7 Å². The van der Waals surface area contributed by atoms with Gasteiger partial charge in [-0.2, -0.15) is 0 Å². The average molecular weight is 355 g/mol. The minimum absolute atomic E-state index is 0.174. The van der Waals surface area contributed by atoms with Crippen LogP contribution < -0.4 is 11.5 Å². The Morgan fingerprint density at radius 3 is 2.23 bits per heavy atom. The van der Waals surface area contributed by atoms with E-state index in [9.17, 15) is 0 Å². The lowest BCUT2D eigenvalue weighted by molar-refractivity contribution is -0.0303. The van der Waals surface area contributed by atoms with Crippen LogP contribution in [0.2, 0.25) is 0 Å². The van der Waals surface area contributed by atoms with Gasteiger partial charge in [-0.15, -0.1) is 0 Å². The van der Waals surface area contributed by atoms with Gasteiger partial charge in [0.05, 0.1) is 6.10 Å². The SMILES string of the molecule is C1CCC(C2CCCCO2)CC1.Nc1ccc(C2=CCC(N)C=C2)cc1. The second-order valence-corrected chi connectivity index (χ2v) is 7.84. The molecule has 1 aliphatic heterocycles. The molecule has 142 valence electrons. The molecule has 2 unspecified atom stereocenters. The standard InChI is InChI=1S/C12H14N2.C11H20O/c13-11-5-1-9(2-6-11)10-3-7-12(14)8-4-10;1-2-6-10(7-3-1)11-8-4-5-9-12-11/h1-7,12H,8,13-14H2;10-11H,1-9H2. The fourth-order valence-electron chi connectivity index (χ4n) is 4.17. The largest absolute Gasteiger partial charge is 0.399 e. The molecule has 2 atom stereocenters. The summed E-state index contributed by atoms with van der Waals surface area (Å²) in [6.07, 6.45) is 19.1. The van der Waals surface area contributed by atoms with Gasteiger partial charge in [0, 0.05) is 18.3 Å². The molecule has 0 aromatic heterocycles. The van der Waals surface area contributed by atoms with Crippen molar-refractivity contribution in [2.75, 3.05) is 12.3 Å². The molecular formula is C23H34N2O. The van der Waals surface area contributed by atoms with Gasteiger partial charge in [-0.1, -0.05) is 49.6 Å². The van der Waals surface area contributed by atoms with Crippen LogP contribution in [-0.2, 0) is 4.74 Å². The predicted molar refractivity (Wildman–Crippen MR) is 111 cm³/mol. The Hall–Kier alpha value is -1.58. The second kappa shape index (κ2) is 9.94. The van der Waals surface area contributed by atoms with Gasteiger partial charge < -0.3 is 16.2 Å². The van der Waals surface area contributed by atoms with Gasteiger partial charge in [-0.3, -0.25) is 0 Å². The van der Waals surface area contributed by atoms with Crippen LogP contribution >= 0.6 is 0 Å². The molecule has 4 N–H and O–H groups in total. The summed E-state index contributed by atoms with van der Waals surface area (Å²) >= 11 is 0. The molecule has 26 heavy (non-hydrogen) atoms. The maximum Gasteiger partial charge on any atom is 0.0603 e. The predicted octanol–water partition coefficient (Wildman–Crippen LogP) is 5.08. The van der Waals surface area contributed by atoms with E-state index in [0.29, 0.717) is 6.10 Å². The first-order valence-electron chi connectivity index (χ1n) is 10.3. The molecule has 0 amide bonds. The maximum absolute atomic E-state index is 5.82. The van der Waals surface area contributed by atoms with Crippen molar-refractivity contribution in [2.24, 2.45) is 11.7 Å². The highest BCUT2D eigenvalue weighted by atomic mass is 16.5. The number of benzene rings is 1. The van der Waals surface area contributed by atoms with E-state index < -0.39 is 0 Å². The Balaban J connectivity index is 0.000000152. The Labute approximate surface area is 158 Å². The van der Waals surface area contributed by atoms with Crippen LogP contribution in [0, 0.1) is 5.92 Å². The quantitative estimate of drug-likeness (QED) is 0.728. The summed E-state index contributed by atoms with van der Waals surface area (Å²) in [6.45, 7) is 1.03. The third-order valence-electron chi connectivity index (χ3n) is 5.77. The molecule has 1 heterocycles. The van der Waals surface area contributed by atoms with Gasteiger partial charge in [0.25, 0.3) is 0 Å². The van der Waals surface area contributed by atoms with E-state index in [4.69, 9.17) is 16.2 Å². The molecule has 1 aromatic rings. The van der Waals surface area contributed by atoms with Gasteiger partial charge in [0.15, 0.2) is 0 Å². The number of ether oxygens (including phenoxy) is 1. The first kappa shape index (κ1) is 19.2. The highest BCUT2D eigenvalue weighted by Gasteiger charge is 2.25. The number of anilines is 1. The van der Waals surface area contributed by atoms with Gasteiger partial charge in [0.2, 0.25) is 0 Å². The fourth-order valence-corrected chi connectivity index (χ4v) is 4.17. The number of rotatable bonds is 2. The van der Waals surface area contributed by atoms with E-state index in [0.717, 1.165) is 24.6 Å². The number of allylic oxidation sites excluding steroid dienone is 2. The van der Waals surface area contributed by atoms with E-state index in [-0.39, 0.29) is 6.04 Å².